The summed E-state index contributed by atoms with van der Waals surface area (Å²) in [5.41, 5.74) is 4.68. The summed E-state index contributed by atoms with van der Waals surface area (Å²) in [6.45, 7) is -0.195. The van der Waals surface area contributed by atoms with E-state index in [9.17, 15) is 13.6 Å². The van der Waals surface area contributed by atoms with Gasteiger partial charge in [-0.05, 0) is 0 Å². The third kappa shape index (κ3) is 3.45. The van der Waals surface area contributed by atoms with Gasteiger partial charge in [0.25, 0.3) is 11.8 Å². The van der Waals surface area contributed by atoms with E-state index in [0.29, 0.717) is 6.92 Å². The molecule has 0 saturated heterocycles. The first-order valence-corrected chi connectivity index (χ1v) is 4.01. The molecule has 0 unspecified atom stereocenters. The molecule has 1 amide bonds. The summed E-state index contributed by atoms with van der Waals surface area (Å²) in [6.07, 6.45) is 2.44. The van der Waals surface area contributed by atoms with Crippen molar-refractivity contribution < 1.29 is 18.3 Å². The second-order valence-electron chi connectivity index (χ2n) is 2.93. The molecule has 1 heterocycles. The van der Waals surface area contributed by atoms with Gasteiger partial charge in [-0.25, -0.2) is 18.7 Å². The SMILES string of the molecule is CC(F)(F)COc1nccnc1C(N)=O. The summed E-state index contributed by atoms with van der Waals surface area (Å²) in [6, 6.07) is 0. The van der Waals surface area contributed by atoms with Crippen molar-refractivity contribution in [3.63, 3.8) is 0 Å². The second-order valence-corrected chi connectivity index (χ2v) is 2.93. The number of nitrogens with zero attached hydrogens (tertiary/aromatic N) is 2. The fourth-order valence-corrected chi connectivity index (χ4v) is 0.795. The maximum Gasteiger partial charge on any atom is 0.278 e. The van der Waals surface area contributed by atoms with E-state index in [2.05, 4.69) is 14.7 Å². The minimum Gasteiger partial charge on any atom is -0.470 e. The maximum absolute atomic E-state index is 12.5. The van der Waals surface area contributed by atoms with E-state index in [1.165, 1.54) is 12.4 Å². The van der Waals surface area contributed by atoms with Crippen molar-refractivity contribution in [2.24, 2.45) is 5.73 Å². The fraction of sp³-hybridized carbons (Fsp3) is 0.375. The van der Waals surface area contributed by atoms with Crippen LogP contribution in [0.25, 0.3) is 0 Å². The van der Waals surface area contributed by atoms with Gasteiger partial charge in [-0.3, -0.25) is 4.79 Å². The summed E-state index contributed by atoms with van der Waals surface area (Å²) >= 11 is 0. The Balaban J connectivity index is 2.81. The first kappa shape index (κ1) is 11.3. The van der Waals surface area contributed by atoms with Gasteiger partial charge in [0.1, 0.15) is 0 Å². The first-order chi connectivity index (χ1) is 6.90. The number of nitrogens with two attached hydrogens (primary N) is 1. The fourth-order valence-electron chi connectivity index (χ4n) is 0.795. The van der Waals surface area contributed by atoms with E-state index in [0.717, 1.165) is 0 Å². The molecule has 0 saturated carbocycles. The lowest BCUT2D eigenvalue weighted by Gasteiger charge is -2.11. The van der Waals surface area contributed by atoms with E-state index >= 15 is 0 Å². The van der Waals surface area contributed by atoms with Gasteiger partial charge in [0.05, 0.1) is 0 Å². The van der Waals surface area contributed by atoms with E-state index in [4.69, 9.17) is 5.73 Å². The van der Waals surface area contributed by atoms with Gasteiger partial charge in [0.2, 0.25) is 5.88 Å². The Morgan fingerprint density at radius 2 is 2.13 bits per heavy atom. The number of carbonyl (C=O) groups excluding carboxylic acids is 1. The molecule has 1 aromatic heterocycles. The summed E-state index contributed by atoms with van der Waals surface area (Å²) in [7, 11) is 0. The lowest BCUT2D eigenvalue weighted by molar-refractivity contribution is -0.0245. The number of amides is 1. The standard InChI is InChI=1S/C8H9F2N3O2/c1-8(9,10)4-15-7-5(6(11)14)12-2-3-13-7/h2-3H,4H2,1H3,(H2,11,14). The number of halogens is 2. The Morgan fingerprint density at radius 3 is 2.67 bits per heavy atom. The lowest BCUT2D eigenvalue weighted by Crippen LogP contribution is -2.23. The molecule has 0 bridgehead atoms. The number of alkyl halides is 2. The van der Waals surface area contributed by atoms with Gasteiger partial charge < -0.3 is 10.5 Å². The predicted octanol–water partition coefficient (Wildman–Crippen LogP) is 0.610. The summed E-state index contributed by atoms with van der Waals surface area (Å²) in [4.78, 5) is 18.0. The van der Waals surface area contributed by atoms with Crippen molar-refractivity contribution in [2.45, 2.75) is 12.8 Å². The highest BCUT2D eigenvalue weighted by atomic mass is 19.3. The molecule has 0 fully saturated rings. The van der Waals surface area contributed by atoms with Gasteiger partial charge in [0, 0.05) is 19.3 Å². The van der Waals surface area contributed by atoms with Crippen LogP contribution in [-0.2, 0) is 0 Å². The molecule has 2 N–H and O–H groups in total. The van der Waals surface area contributed by atoms with E-state index in [1.54, 1.807) is 0 Å². The van der Waals surface area contributed by atoms with Crippen LogP contribution in [0.15, 0.2) is 12.4 Å². The molecule has 15 heavy (non-hydrogen) atoms. The predicted molar refractivity (Wildman–Crippen MR) is 46.7 cm³/mol. The molecule has 7 heteroatoms. The van der Waals surface area contributed by atoms with Gasteiger partial charge >= 0.3 is 0 Å². The third-order valence-corrected chi connectivity index (χ3v) is 1.36. The van der Waals surface area contributed by atoms with Crippen LogP contribution in [0.5, 0.6) is 5.88 Å². The molecule has 5 nitrogen and oxygen atoms in total. The van der Waals surface area contributed by atoms with Crippen LogP contribution in [0, 0.1) is 0 Å². The minimum atomic E-state index is -3.01. The Morgan fingerprint density at radius 1 is 1.53 bits per heavy atom. The van der Waals surface area contributed by atoms with E-state index in [1.807, 2.05) is 0 Å². The van der Waals surface area contributed by atoms with Crippen LogP contribution in [0.4, 0.5) is 8.78 Å². The number of ether oxygens (including phenoxy) is 1. The van der Waals surface area contributed by atoms with Crippen molar-refractivity contribution in [3.05, 3.63) is 18.1 Å². The van der Waals surface area contributed by atoms with Crippen molar-refractivity contribution in [2.75, 3.05) is 6.61 Å². The first-order valence-electron chi connectivity index (χ1n) is 4.01. The van der Waals surface area contributed by atoms with Crippen LogP contribution in [-0.4, -0.2) is 28.4 Å². The Hall–Kier alpha value is -1.79. The van der Waals surface area contributed by atoms with Gasteiger partial charge in [0.15, 0.2) is 12.3 Å². The van der Waals surface area contributed by atoms with Crippen molar-refractivity contribution >= 4 is 5.91 Å². The molecule has 0 radical (unpaired) electrons. The molecular weight excluding hydrogens is 208 g/mol. The number of carbonyl (C=O) groups is 1. The molecule has 0 aliphatic rings. The topological polar surface area (TPSA) is 78.1 Å². The highest BCUT2D eigenvalue weighted by Crippen LogP contribution is 2.16. The van der Waals surface area contributed by atoms with Gasteiger partial charge in [-0.2, -0.15) is 0 Å². The average Bonchev–Trinajstić information content (AvgIpc) is 2.14. The minimum absolute atomic E-state index is 0.262. The van der Waals surface area contributed by atoms with Crippen molar-refractivity contribution in [1.29, 1.82) is 0 Å². The largest absolute Gasteiger partial charge is 0.470 e. The van der Waals surface area contributed by atoms with Crippen molar-refractivity contribution in [1.82, 2.24) is 9.97 Å². The lowest BCUT2D eigenvalue weighted by atomic mass is 10.4. The Labute approximate surface area is 84.3 Å². The molecule has 82 valence electrons. The van der Waals surface area contributed by atoms with Crippen LogP contribution in [0.2, 0.25) is 0 Å². The Kier molecular flexibility index (Phi) is 3.13. The number of aromatic nitrogens is 2. The molecule has 1 rings (SSSR count). The third-order valence-electron chi connectivity index (χ3n) is 1.36. The molecule has 0 atom stereocenters. The highest BCUT2D eigenvalue weighted by Gasteiger charge is 2.24. The van der Waals surface area contributed by atoms with Crippen molar-refractivity contribution in [3.8, 4) is 5.88 Å². The van der Waals surface area contributed by atoms with Gasteiger partial charge in [-0.15, -0.1) is 0 Å². The second kappa shape index (κ2) is 4.16. The van der Waals surface area contributed by atoms with E-state index in [-0.39, 0.29) is 11.6 Å². The van der Waals surface area contributed by atoms with E-state index < -0.39 is 18.4 Å². The molecule has 0 aromatic carbocycles. The zero-order valence-electron chi connectivity index (χ0n) is 7.91. The normalized spacial score (nSPS) is 11.1. The molecule has 0 aliphatic heterocycles. The van der Waals surface area contributed by atoms with Gasteiger partial charge in [-0.1, -0.05) is 0 Å². The summed E-state index contributed by atoms with van der Waals surface area (Å²) in [5, 5.41) is 0. The van der Waals surface area contributed by atoms with Crippen LogP contribution < -0.4 is 10.5 Å². The van der Waals surface area contributed by atoms with Crippen LogP contribution in [0.3, 0.4) is 0 Å². The Bertz CT molecular complexity index is 365. The maximum atomic E-state index is 12.5. The zero-order valence-corrected chi connectivity index (χ0v) is 7.91. The summed E-state index contributed by atoms with van der Waals surface area (Å²) in [5.74, 6) is -4.17. The average molecular weight is 217 g/mol. The highest BCUT2D eigenvalue weighted by molar-refractivity contribution is 5.92. The number of hydrogen-bond donors (Lipinski definition) is 1. The summed E-state index contributed by atoms with van der Waals surface area (Å²) < 4.78 is 29.5. The monoisotopic (exact) mass is 217 g/mol. The quantitative estimate of drug-likeness (QED) is 0.801. The number of primary amides is 1. The van der Waals surface area contributed by atoms with Crippen LogP contribution in [0.1, 0.15) is 17.4 Å². The smallest absolute Gasteiger partial charge is 0.278 e. The molecular formula is C8H9F2N3O2. The number of hydrogen-bond acceptors (Lipinski definition) is 4. The number of rotatable bonds is 4. The molecule has 0 aliphatic carbocycles. The van der Waals surface area contributed by atoms with Crippen LogP contribution >= 0.6 is 0 Å². The zero-order chi connectivity index (χ0) is 11.5. The molecule has 0 spiro atoms. The molecule has 1 aromatic rings.